The van der Waals surface area contributed by atoms with Crippen molar-refractivity contribution in [1.82, 2.24) is 29.9 Å². The molecular formula is C21H39N7. The molecule has 158 valence electrons. The monoisotopic (exact) mass is 389 g/mol. The second kappa shape index (κ2) is 11.8. The van der Waals surface area contributed by atoms with Crippen LogP contribution in [0.15, 0.2) is 17.6 Å². The number of nitrogens with one attached hydrogen (secondary N) is 1. The second-order valence-electron chi connectivity index (χ2n) is 7.73. The van der Waals surface area contributed by atoms with E-state index in [0.29, 0.717) is 12.6 Å². The number of aliphatic imine (C=N–C) groups is 1. The summed E-state index contributed by atoms with van der Waals surface area (Å²) in [5, 5.41) is 12.0. The van der Waals surface area contributed by atoms with Gasteiger partial charge in [-0.25, -0.2) is 4.99 Å². The number of aryl methyl sites for hydroxylation is 1. The van der Waals surface area contributed by atoms with Crippen molar-refractivity contribution in [3.05, 3.63) is 24.3 Å². The molecule has 0 radical (unpaired) electrons. The van der Waals surface area contributed by atoms with Crippen LogP contribution in [-0.2, 0) is 13.6 Å². The van der Waals surface area contributed by atoms with Crippen LogP contribution in [0.25, 0.3) is 0 Å². The maximum absolute atomic E-state index is 4.87. The topological polar surface area (TPSA) is 61.6 Å². The van der Waals surface area contributed by atoms with Crippen LogP contribution < -0.4 is 5.32 Å². The summed E-state index contributed by atoms with van der Waals surface area (Å²) in [4.78, 5) is 9.68. The Hall–Kier alpha value is -1.89. The molecule has 1 N–H and O–H groups in total. The summed E-state index contributed by atoms with van der Waals surface area (Å²) >= 11 is 0. The predicted octanol–water partition coefficient (Wildman–Crippen LogP) is 2.73. The maximum Gasteiger partial charge on any atom is 0.194 e. The molecule has 2 heterocycles. The zero-order valence-corrected chi connectivity index (χ0v) is 18.3. The van der Waals surface area contributed by atoms with E-state index in [1.54, 1.807) is 0 Å². The molecule has 2 rings (SSSR count). The summed E-state index contributed by atoms with van der Waals surface area (Å²) < 4.78 is 2.01. The maximum atomic E-state index is 4.87. The third-order valence-electron chi connectivity index (χ3n) is 5.72. The van der Waals surface area contributed by atoms with E-state index in [0.717, 1.165) is 43.7 Å². The lowest BCUT2D eigenvalue weighted by atomic mass is 10.2. The summed E-state index contributed by atoms with van der Waals surface area (Å²) in [7, 11) is 4.13. The fraction of sp³-hybridized carbons (Fsp3) is 0.762. The van der Waals surface area contributed by atoms with Crippen LogP contribution in [0.1, 0.15) is 57.1 Å². The van der Waals surface area contributed by atoms with Gasteiger partial charge in [-0.15, -0.1) is 16.8 Å². The largest absolute Gasteiger partial charge is 0.355 e. The van der Waals surface area contributed by atoms with Crippen molar-refractivity contribution in [2.75, 3.05) is 33.2 Å². The Morgan fingerprint density at radius 3 is 2.86 bits per heavy atom. The highest BCUT2D eigenvalue weighted by molar-refractivity contribution is 5.79. The van der Waals surface area contributed by atoms with Crippen LogP contribution in [0.2, 0.25) is 0 Å². The molecule has 7 nitrogen and oxygen atoms in total. The molecule has 7 heteroatoms. The zero-order valence-electron chi connectivity index (χ0n) is 18.3. The summed E-state index contributed by atoms with van der Waals surface area (Å²) in [5.74, 6) is 2.78. The molecule has 0 amide bonds. The van der Waals surface area contributed by atoms with Gasteiger partial charge >= 0.3 is 0 Å². The van der Waals surface area contributed by atoms with Crippen molar-refractivity contribution in [2.24, 2.45) is 12.0 Å². The molecule has 1 atom stereocenters. The van der Waals surface area contributed by atoms with E-state index in [1.807, 2.05) is 24.6 Å². The Kier molecular flexibility index (Phi) is 9.47. The van der Waals surface area contributed by atoms with Gasteiger partial charge in [-0.1, -0.05) is 19.4 Å². The molecular weight excluding hydrogens is 350 g/mol. The first-order valence-corrected chi connectivity index (χ1v) is 10.8. The van der Waals surface area contributed by atoms with Crippen molar-refractivity contribution in [2.45, 2.75) is 65.0 Å². The molecule has 0 spiro atoms. The number of likely N-dealkylation sites (tertiary alicyclic amines) is 1. The highest BCUT2D eigenvalue weighted by atomic mass is 15.3. The Morgan fingerprint density at radius 1 is 1.36 bits per heavy atom. The highest BCUT2D eigenvalue weighted by Crippen LogP contribution is 2.15. The number of nitrogens with zero attached hydrogens (tertiary/aromatic N) is 6. The quantitative estimate of drug-likeness (QED) is 0.273. The first kappa shape index (κ1) is 22.4. The van der Waals surface area contributed by atoms with Crippen molar-refractivity contribution >= 4 is 5.96 Å². The molecule has 0 saturated carbocycles. The Balaban J connectivity index is 1.96. The third kappa shape index (κ3) is 6.62. The fourth-order valence-corrected chi connectivity index (χ4v) is 3.72. The Morgan fingerprint density at radius 2 is 2.18 bits per heavy atom. The van der Waals surface area contributed by atoms with E-state index < -0.39 is 0 Å². The summed E-state index contributed by atoms with van der Waals surface area (Å²) in [6, 6.07) is 0.605. The van der Waals surface area contributed by atoms with Crippen molar-refractivity contribution < 1.29 is 0 Å². The van der Waals surface area contributed by atoms with E-state index in [-0.39, 0.29) is 0 Å². The molecule has 1 unspecified atom stereocenters. The second-order valence-corrected chi connectivity index (χ2v) is 7.73. The van der Waals surface area contributed by atoms with E-state index >= 15 is 0 Å². The number of hydrogen-bond donors (Lipinski definition) is 1. The van der Waals surface area contributed by atoms with Crippen molar-refractivity contribution in [3.8, 4) is 0 Å². The fourth-order valence-electron chi connectivity index (χ4n) is 3.72. The van der Waals surface area contributed by atoms with Gasteiger partial charge in [0.05, 0.1) is 0 Å². The van der Waals surface area contributed by atoms with Crippen LogP contribution in [0, 0.1) is 6.92 Å². The molecule has 0 aromatic carbocycles. The molecule has 1 aromatic heterocycles. The summed E-state index contributed by atoms with van der Waals surface area (Å²) in [6.07, 6.45) is 9.26. The van der Waals surface area contributed by atoms with Gasteiger partial charge in [0.2, 0.25) is 0 Å². The summed E-state index contributed by atoms with van der Waals surface area (Å²) in [5.41, 5.74) is 0. The van der Waals surface area contributed by atoms with Gasteiger partial charge in [-0.05, 0) is 52.1 Å². The zero-order chi connectivity index (χ0) is 20.4. The van der Waals surface area contributed by atoms with Gasteiger partial charge in [0.15, 0.2) is 11.8 Å². The molecule has 1 aliphatic rings. The van der Waals surface area contributed by atoms with E-state index in [4.69, 9.17) is 4.99 Å². The molecule has 0 aliphatic carbocycles. The van der Waals surface area contributed by atoms with Crippen LogP contribution in [0.4, 0.5) is 0 Å². The van der Waals surface area contributed by atoms with Crippen molar-refractivity contribution in [3.63, 3.8) is 0 Å². The lowest BCUT2D eigenvalue weighted by Crippen LogP contribution is -2.45. The predicted molar refractivity (Wildman–Crippen MR) is 116 cm³/mol. The molecule has 1 fully saturated rings. The minimum atomic E-state index is 0.544. The minimum absolute atomic E-state index is 0.544. The van der Waals surface area contributed by atoms with Crippen LogP contribution >= 0.6 is 0 Å². The number of aromatic nitrogens is 3. The third-order valence-corrected chi connectivity index (χ3v) is 5.72. The van der Waals surface area contributed by atoms with Crippen LogP contribution in [0.5, 0.6) is 0 Å². The highest BCUT2D eigenvalue weighted by Gasteiger charge is 2.23. The van der Waals surface area contributed by atoms with E-state index in [2.05, 4.69) is 45.9 Å². The Labute approximate surface area is 170 Å². The normalized spacial score (nSPS) is 17.9. The molecule has 1 aliphatic heterocycles. The van der Waals surface area contributed by atoms with Crippen molar-refractivity contribution in [1.29, 1.82) is 0 Å². The number of hydrogen-bond acceptors (Lipinski definition) is 4. The lowest BCUT2D eigenvalue weighted by Gasteiger charge is -2.27. The first-order valence-electron chi connectivity index (χ1n) is 10.8. The molecule has 1 aromatic rings. The van der Waals surface area contributed by atoms with E-state index in [1.165, 1.54) is 38.6 Å². The smallest absolute Gasteiger partial charge is 0.194 e. The van der Waals surface area contributed by atoms with Gasteiger partial charge in [0.1, 0.15) is 12.4 Å². The van der Waals surface area contributed by atoms with Crippen LogP contribution in [0.3, 0.4) is 0 Å². The standard InChI is InChI=1S/C21H39N7/c1-6-8-9-10-11-14-26(4)21(22-16-19-13-12-15-28(19)7-2)23-17-20-25-24-18(3)27(20)5/h6,19H,1,7-17H2,2-5H3,(H,22,23). The van der Waals surface area contributed by atoms with E-state index in [9.17, 15) is 0 Å². The molecule has 0 bridgehead atoms. The SMILES string of the molecule is C=CCCCCCN(C)C(=NCc1nnc(C)n1C)NCC1CCCN1CC. The van der Waals surface area contributed by atoms with Gasteiger partial charge in [-0.2, -0.15) is 0 Å². The number of rotatable bonds is 11. The van der Waals surface area contributed by atoms with Gasteiger partial charge in [-0.3, -0.25) is 4.90 Å². The van der Waals surface area contributed by atoms with Gasteiger partial charge in [0, 0.05) is 33.2 Å². The molecule has 28 heavy (non-hydrogen) atoms. The Bertz CT molecular complexity index is 622. The number of guanidine groups is 1. The first-order chi connectivity index (χ1) is 13.6. The average molecular weight is 390 g/mol. The molecule has 1 saturated heterocycles. The van der Waals surface area contributed by atoms with Gasteiger partial charge < -0.3 is 14.8 Å². The lowest BCUT2D eigenvalue weighted by molar-refractivity contribution is 0.265. The number of allylic oxidation sites excluding steroid dienone is 1. The number of unbranched alkanes of at least 4 members (excludes halogenated alkanes) is 3. The summed E-state index contributed by atoms with van der Waals surface area (Å²) in [6.45, 7) is 12.9. The minimum Gasteiger partial charge on any atom is -0.355 e. The average Bonchev–Trinajstić information content (AvgIpc) is 3.28. The number of likely N-dealkylation sites (N-methyl/N-ethyl adjacent to an activating group) is 1. The van der Waals surface area contributed by atoms with Crippen LogP contribution in [-0.4, -0.2) is 69.8 Å². The van der Waals surface area contributed by atoms with Gasteiger partial charge in [0.25, 0.3) is 0 Å².